The van der Waals surface area contributed by atoms with Crippen molar-refractivity contribution in [1.82, 2.24) is 0 Å². The largest absolute Gasteiger partial charge is 0.507 e. The predicted octanol–water partition coefficient (Wildman–Crippen LogP) is -1.70. The monoisotopic (exact) mass is 522 g/mol. The van der Waals surface area contributed by atoms with E-state index < -0.39 is 67.3 Å². The van der Waals surface area contributed by atoms with E-state index in [0.717, 1.165) is 0 Å². The number of phenolic OH excluding ortho intramolecular Hbond substituents is 1. The van der Waals surface area contributed by atoms with Crippen molar-refractivity contribution in [3.63, 3.8) is 0 Å². The quantitative estimate of drug-likeness (QED) is 0.180. The van der Waals surface area contributed by atoms with E-state index in [-0.39, 0.29) is 40.0 Å². The minimum atomic E-state index is -1.91. The molecule has 0 spiro atoms. The number of fused-ring (bicyclic) bond motifs is 2. The summed E-state index contributed by atoms with van der Waals surface area (Å²) in [6, 6.07) is 8.66. The maximum Gasteiger partial charge on any atom is 0.229 e. The summed E-state index contributed by atoms with van der Waals surface area (Å²) in [6.07, 6.45) is -10.7. The van der Waals surface area contributed by atoms with Gasteiger partial charge in [-0.2, -0.15) is 0 Å². The van der Waals surface area contributed by atoms with Crippen LogP contribution in [0.25, 0.3) is 21.9 Å². The van der Waals surface area contributed by atoms with Crippen molar-refractivity contribution >= 4 is 21.9 Å². The SMILES string of the molecule is O=c1c2cc(OC3OC(COC4OCC(O)(CO)C4O)C(O)C(O)C3O)ccc2oc2cccc(O)c12. The molecule has 0 saturated carbocycles. The summed E-state index contributed by atoms with van der Waals surface area (Å²) < 4.78 is 27.5. The lowest BCUT2D eigenvalue weighted by molar-refractivity contribution is -0.289. The fourth-order valence-corrected chi connectivity index (χ4v) is 4.34. The highest BCUT2D eigenvalue weighted by atomic mass is 16.7. The van der Waals surface area contributed by atoms with Gasteiger partial charge in [0.15, 0.2) is 6.29 Å². The van der Waals surface area contributed by atoms with E-state index in [9.17, 15) is 40.5 Å². The Morgan fingerprint density at radius 2 is 1.78 bits per heavy atom. The number of benzene rings is 2. The molecule has 2 aromatic carbocycles. The predicted molar refractivity (Wildman–Crippen MR) is 123 cm³/mol. The lowest BCUT2D eigenvalue weighted by atomic mass is 9.99. The normalized spacial score (nSPS) is 34.3. The molecule has 13 heteroatoms. The van der Waals surface area contributed by atoms with Crippen molar-refractivity contribution in [2.45, 2.75) is 48.7 Å². The Morgan fingerprint density at radius 1 is 1.00 bits per heavy atom. The van der Waals surface area contributed by atoms with Crippen LogP contribution >= 0.6 is 0 Å². The lowest BCUT2D eigenvalue weighted by Gasteiger charge is -2.40. The summed E-state index contributed by atoms with van der Waals surface area (Å²) in [5, 5.41) is 70.7. The third-order valence-electron chi connectivity index (χ3n) is 6.57. The lowest BCUT2D eigenvalue weighted by Crippen LogP contribution is -2.60. The first-order chi connectivity index (χ1) is 17.6. The van der Waals surface area contributed by atoms with Crippen molar-refractivity contribution in [2.75, 3.05) is 19.8 Å². The summed E-state index contributed by atoms with van der Waals surface area (Å²) in [7, 11) is 0. The van der Waals surface area contributed by atoms with Gasteiger partial charge in [-0.3, -0.25) is 4.79 Å². The average Bonchev–Trinajstić information content (AvgIpc) is 3.18. The van der Waals surface area contributed by atoms with E-state index >= 15 is 0 Å². The summed E-state index contributed by atoms with van der Waals surface area (Å²) in [6.45, 7) is -1.60. The Balaban J connectivity index is 1.34. The molecule has 3 heterocycles. The van der Waals surface area contributed by atoms with Crippen molar-refractivity contribution in [3.05, 3.63) is 46.6 Å². The second kappa shape index (κ2) is 9.79. The molecule has 13 nitrogen and oxygen atoms in total. The topological polar surface area (TPSA) is 209 Å². The summed E-state index contributed by atoms with van der Waals surface area (Å²) in [5.41, 5.74) is -2.00. The summed E-state index contributed by atoms with van der Waals surface area (Å²) in [4.78, 5) is 13.0. The van der Waals surface area contributed by atoms with Gasteiger partial charge in [0.2, 0.25) is 11.7 Å². The molecule has 2 aliphatic rings. The van der Waals surface area contributed by atoms with E-state index in [4.69, 9.17) is 23.4 Å². The third kappa shape index (κ3) is 4.54. The van der Waals surface area contributed by atoms with Gasteiger partial charge in [0.1, 0.15) is 64.2 Å². The van der Waals surface area contributed by atoms with Crippen LogP contribution in [0.2, 0.25) is 0 Å². The number of ether oxygens (including phenoxy) is 4. The molecule has 0 aliphatic carbocycles. The number of aliphatic hydroxyl groups is 6. The van der Waals surface area contributed by atoms with E-state index in [1.165, 1.54) is 30.3 Å². The first-order valence-electron chi connectivity index (χ1n) is 11.4. The van der Waals surface area contributed by atoms with Crippen LogP contribution in [0.15, 0.2) is 45.6 Å². The minimum absolute atomic E-state index is 0.0127. The second-order valence-electron chi connectivity index (χ2n) is 9.09. The molecule has 8 unspecified atom stereocenters. The number of aromatic hydroxyl groups is 1. The average molecular weight is 522 g/mol. The van der Waals surface area contributed by atoms with Gasteiger partial charge in [0, 0.05) is 0 Å². The zero-order valence-corrected chi connectivity index (χ0v) is 19.2. The van der Waals surface area contributed by atoms with Crippen LogP contribution in [0.5, 0.6) is 11.5 Å². The summed E-state index contributed by atoms with van der Waals surface area (Å²) >= 11 is 0. The molecule has 0 bridgehead atoms. The Morgan fingerprint density at radius 3 is 2.51 bits per heavy atom. The highest BCUT2D eigenvalue weighted by Crippen LogP contribution is 2.30. The molecule has 0 amide bonds. The van der Waals surface area contributed by atoms with Crippen LogP contribution in [0.4, 0.5) is 0 Å². The van der Waals surface area contributed by atoms with Gasteiger partial charge < -0.3 is 59.1 Å². The van der Waals surface area contributed by atoms with E-state index in [1.807, 2.05) is 0 Å². The minimum Gasteiger partial charge on any atom is -0.507 e. The maximum absolute atomic E-state index is 13.0. The molecule has 8 atom stereocenters. The molecule has 200 valence electrons. The molecule has 2 aliphatic heterocycles. The van der Waals surface area contributed by atoms with Crippen LogP contribution < -0.4 is 10.2 Å². The molecule has 5 rings (SSSR count). The number of phenols is 1. The molecule has 7 N–H and O–H groups in total. The van der Waals surface area contributed by atoms with Gasteiger partial charge in [-0.05, 0) is 30.3 Å². The molecular formula is C24H26O13. The molecule has 3 aromatic rings. The van der Waals surface area contributed by atoms with Gasteiger partial charge in [-0.1, -0.05) is 6.07 Å². The number of hydrogen-bond donors (Lipinski definition) is 7. The van der Waals surface area contributed by atoms with Crippen LogP contribution in [-0.4, -0.2) is 104 Å². The Hall–Kier alpha value is -2.85. The van der Waals surface area contributed by atoms with Crippen molar-refractivity contribution in [3.8, 4) is 11.5 Å². The zero-order chi connectivity index (χ0) is 26.5. The molecule has 2 saturated heterocycles. The maximum atomic E-state index is 13.0. The first-order valence-corrected chi connectivity index (χ1v) is 11.4. The fourth-order valence-electron chi connectivity index (χ4n) is 4.34. The molecule has 2 fully saturated rings. The molecule has 0 radical (unpaired) electrons. The molecule has 1 aromatic heterocycles. The third-order valence-corrected chi connectivity index (χ3v) is 6.57. The zero-order valence-electron chi connectivity index (χ0n) is 19.2. The van der Waals surface area contributed by atoms with Gasteiger partial charge in [0.25, 0.3) is 0 Å². The van der Waals surface area contributed by atoms with E-state index in [0.29, 0.717) is 0 Å². The first kappa shape index (κ1) is 25.8. The van der Waals surface area contributed by atoms with Gasteiger partial charge in [0.05, 0.1) is 25.2 Å². The Labute approximate surface area is 208 Å². The van der Waals surface area contributed by atoms with Crippen LogP contribution in [-0.2, 0) is 14.2 Å². The molecular weight excluding hydrogens is 496 g/mol. The fraction of sp³-hybridized carbons (Fsp3) is 0.458. The Kier molecular flexibility index (Phi) is 6.83. The van der Waals surface area contributed by atoms with Crippen molar-refractivity contribution in [2.24, 2.45) is 0 Å². The van der Waals surface area contributed by atoms with Crippen molar-refractivity contribution < 1.29 is 59.1 Å². The molecule has 37 heavy (non-hydrogen) atoms. The van der Waals surface area contributed by atoms with Gasteiger partial charge >= 0.3 is 0 Å². The van der Waals surface area contributed by atoms with Gasteiger partial charge in [-0.15, -0.1) is 0 Å². The second-order valence-corrected chi connectivity index (χ2v) is 9.09. The number of rotatable bonds is 6. The summed E-state index contributed by atoms with van der Waals surface area (Å²) in [5.74, 6) is -0.191. The highest BCUT2D eigenvalue weighted by molar-refractivity contribution is 5.93. The van der Waals surface area contributed by atoms with Gasteiger partial charge in [-0.25, -0.2) is 0 Å². The van der Waals surface area contributed by atoms with E-state index in [1.54, 1.807) is 6.07 Å². The standard InChI is InChI=1S/C24H26O13/c25-8-24(32)9-34-23(21(24)31)33-7-15-18(28)19(29)20(30)22(37-15)35-10-4-5-13-11(6-10)17(27)16-12(26)2-1-3-14(16)36-13/h1-6,15,18-23,25-26,28-32H,7-9H2. The van der Waals surface area contributed by atoms with Crippen LogP contribution in [0, 0.1) is 0 Å². The number of aliphatic hydroxyl groups excluding tert-OH is 5. The smallest absolute Gasteiger partial charge is 0.229 e. The Bertz CT molecular complexity index is 1340. The number of hydrogen-bond acceptors (Lipinski definition) is 13. The van der Waals surface area contributed by atoms with E-state index in [2.05, 4.69) is 0 Å². The highest BCUT2D eigenvalue weighted by Gasteiger charge is 2.50. The van der Waals surface area contributed by atoms with Crippen molar-refractivity contribution in [1.29, 1.82) is 0 Å². The van der Waals surface area contributed by atoms with Crippen LogP contribution in [0.3, 0.4) is 0 Å². The van der Waals surface area contributed by atoms with Crippen LogP contribution in [0.1, 0.15) is 0 Å².